The van der Waals surface area contributed by atoms with Crippen LogP contribution in [0.25, 0.3) is 5.76 Å². The molecule has 1 unspecified atom stereocenters. The lowest BCUT2D eigenvalue weighted by molar-refractivity contribution is -0.384. The smallest absolute Gasteiger partial charge is 0.300 e. The minimum absolute atomic E-state index is 0.0857. The highest BCUT2D eigenvalue weighted by Gasteiger charge is 2.48. The summed E-state index contributed by atoms with van der Waals surface area (Å²) in [4.78, 5) is 38.6. The summed E-state index contributed by atoms with van der Waals surface area (Å²) in [6.45, 7) is 1.85. The first kappa shape index (κ1) is 20.8. The second-order valence-corrected chi connectivity index (χ2v) is 8.30. The molecule has 1 N–H and O–H groups in total. The number of hydrogen-bond acceptors (Lipinski definition) is 6. The van der Waals surface area contributed by atoms with Gasteiger partial charge < -0.3 is 5.11 Å². The lowest BCUT2D eigenvalue weighted by atomic mass is 9.98. The third kappa shape index (κ3) is 3.60. The SMILES string of the molecule is Cc1ccsc1C1/C(=C(/O)c2cccc([N+](=O)[O-])c2)C(=O)C(=O)N1c1ccc(Cl)cc1. The number of non-ortho nitro benzene ring substituents is 1. The molecule has 9 heteroatoms. The van der Waals surface area contributed by atoms with Crippen LogP contribution in [0, 0.1) is 17.0 Å². The Morgan fingerprint density at radius 2 is 1.87 bits per heavy atom. The lowest BCUT2D eigenvalue weighted by Gasteiger charge is -2.25. The van der Waals surface area contributed by atoms with E-state index in [2.05, 4.69) is 0 Å². The molecule has 1 aliphatic rings. The van der Waals surface area contributed by atoms with Gasteiger partial charge in [0.1, 0.15) is 11.8 Å². The number of aryl methyl sites for hydroxylation is 1. The van der Waals surface area contributed by atoms with Gasteiger partial charge in [-0.3, -0.25) is 24.6 Å². The molecule has 1 atom stereocenters. The molecule has 7 nitrogen and oxygen atoms in total. The van der Waals surface area contributed by atoms with Gasteiger partial charge in [-0.1, -0.05) is 23.7 Å². The van der Waals surface area contributed by atoms with E-state index in [0.29, 0.717) is 15.6 Å². The van der Waals surface area contributed by atoms with Gasteiger partial charge >= 0.3 is 0 Å². The van der Waals surface area contributed by atoms with E-state index in [1.54, 1.807) is 24.3 Å². The van der Waals surface area contributed by atoms with Crippen LogP contribution < -0.4 is 4.90 Å². The van der Waals surface area contributed by atoms with E-state index in [1.807, 2.05) is 18.4 Å². The van der Waals surface area contributed by atoms with Crippen molar-refractivity contribution in [2.45, 2.75) is 13.0 Å². The molecular formula is C22H15ClN2O5S. The molecule has 2 heterocycles. The second-order valence-electron chi connectivity index (χ2n) is 6.92. The van der Waals surface area contributed by atoms with E-state index < -0.39 is 28.4 Å². The summed E-state index contributed by atoms with van der Waals surface area (Å²) >= 11 is 7.32. The number of nitro benzene ring substituents is 1. The molecule has 4 rings (SSSR count). The van der Waals surface area contributed by atoms with Gasteiger partial charge in [-0.25, -0.2) is 0 Å². The molecule has 3 aromatic rings. The second kappa shape index (κ2) is 7.98. The average molecular weight is 455 g/mol. The van der Waals surface area contributed by atoms with Gasteiger partial charge in [0.15, 0.2) is 0 Å². The zero-order chi connectivity index (χ0) is 22.3. The fourth-order valence-corrected chi connectivity index (χ4v) is 4.69. The standard InChI is InChI=1S/C22H15ClN2O5S/c1-12-9-10-31-21(12)18-17(19(26)13-3-2-4-16(11-13)25(29)30)20(27)22(28)24(18)15-7-5-14(23)6-8-15/h2-11,18,26H,1H3/b19-17-. The predicted octanol–water partition coefficient (Wildman–Crippen LogP) is 5.24. The van der Waals surface area contributed by atoms with Crippen LogP contribution in [-0.2, 0) is 9.59 Å². The highest BCUT2D eigenvalue weighted by Crippen LogP contribution is 2.45. The van der Waals surface area contributed by atoms with Crippen LogP contribution in [0.4, 0.5) is 11.4 Å². The van der Waals surface area contributed by atoms with Gasteiger partial charge in [0, 0.05) is 33.3 Å². The first-order valence-electron chi connectivity index (χ1n) is 9.15. The van der Waals surface area contributed by atoms with Crippen molar-refractivity contribution in [2.24, 2.45) is 0 Å². The van der Waals surface area contributed by atoms with Crippen molar-refractivity contribution in [3.63, 3.8) is 0 Å². The molecule has 2 aromatic carbocycles. The van der Waals surface area contributed by atoms with Crippen LogP contribution in [0.2, 0.25) is 5.02 Å². The van der Waals surface area contributed by atoms with Crippen LogP contribution in [0.15, 0.2) is 65.6 Å². The van der Waals surface area contributed by atoms with Crippen molar-refractivity contribution in [3.05, 3.63) is 96.7 Å². The topological polar surface area (TPSA) is 101 Å². The van der Waals surface area contributed by atoms with E-state index >= 15 is 0 Å². The average Bonchev–Trinajstić information content (AvgIpc) is 3.29. The summed E-state index contributed by atoms with van der Waals surface area (Å²) in [6, 6.07) is 12.8. The number of aliphatic hydroxyl groups is 1. The van der Waals surface area contributed by atoms with E-state index in [4.69, 9.17) is 11.6 Å². The van der Waals surface area contributed by atoms with Crippen molar-refractivity contribution in [1.82, 2.24) is 0 Å². The van der Waals surface area contributed by atoms with Crippen molar-refractivity contribution < 1.29 is 19.6 Å². The molecule has 156 valence electrons. The van der Waals surface area contributed by atoms with Crippen LogP contribution in [-0.4, -0.2) is 21.7 Å². The Kier molecular flexibility index (Phi) is 5.34. The molecule has 1 aliphatic heterocycles. The summed E-state index contributed by atoms with van der Waals surface area (Å²) in [5, 5.41) is 24.5. The number of Topliss-reactive ketones (excluding diaryl/α,β-unsaturated/α-hetero) is 1. The molecule has 0 spiro atoms. The number of ketones is 1. The third-order valence-corrected chi connectivity index (χ3v) is 6.35. The van der Waals surface area contributed by atoms with Crippen LogP contribution in [0.3, 0.4) is 0 Å². The highest BCUT2D eigenvalue weighted by molar-refractivity contribution is 7.10. The number of anilines is 1. The third-order valence-electron chi connectivity index (χ3n) is 5.03. The van der Waals surface area contributed by atoms with Crippen LogP contribution in [0.5, 0.6) is 0 Å². The molecule has 0 bridgehead atoms. The number of benzene rings is 2. The zero-order valence-electron chi connectivity index (χ0n) is 16.1. The number of halogens is 1. The Bertz CT molecular complexity index is 1250. The number of aliphatic hydroxyl groups excluding tert-OH is 1. The Labute approximate surface area is 186 Å². The summed E-state index contributed by atoms with van der Waals surface area (Å²) in [6.07, 6.45) is 0. The van der Waals surface area contributed by atoms with Crippen molar-refractivity contribution >= 4 is 51.8 Å². The van der Waals surface area contributed by atoms with Crippen LogP contribution >= 0.6 is 22.9 Å². The quantitative estimate of drug-likeness (QED) is 0.191. The van der Waals surface area contributed by atoms with Crippen LogP contribution in [0.1, 0.15) is 22.0 Å². The Hall–Kier alpha value is -3.49. The molecule has 1 saturated heterocycles. The largest absolute Gasteiger partial charge is 0.507 e. The summed E-state index contributed by atoms with van der Waals surface area (Å²) in [5.41, 5.74) is 1.02. The Morgan fingerprint density at radius 3 is 2.48 bits per heavy atom. The first-order chi connectivity index (χ1) is 14.8. The summed E-state index contributed by atoms with van der Waals surface area (Å²) in [5.74, 6) is -2.12. The molecule has 1 amide bonds. The fraction of sp³-hybridized carbons (Fsp3) is 0.0909. The summed E-state index contributed by atoms with van der Waals surface area (Å²) < 4.78 is 0. The van der Waals surface area contributed by atoms with E-state index in [9.17, 15) is 24.8 Å². The molecule has 0 saturated carbocycles. The van der Waals surface area contributed by atoms with E-state index in [0.717, 1.165) is 5.56 Å². The summed E-state index contributed by atoms with van der Waals surface area (Å²) in [7, 11) is 0. The number of nitrogens with zero attached hydrogens (tertiary/aromatic N) is 2. The van der Waals surface area contributed by atoms with Crippen molar-refractivity contribution in [2.75, 3.05) is 4.90 Å². The molecular weight excluding hydrogens is 440 g/mol. The maximum Gasteiger partial charge on any atom is 0.300 e. The minimum atomic E-state index is -0.875. The van der Waals surface area contributed by atoms with E-state index in [-0.39, 0.29) is 16.8 Å². The van der Waals surface area contributed by atoms with Gasteiger partial charge in [0.2, 0.25) is 0 Å². The molecule has 31 heavy (non-hydrogen) atoms. The number of carbonyl (C=O) groups excluding carboxylic acids is 2. The molecule has 1 aromatic heterocycles. The molecule has 1 fully saturated rings. The maximum absolute atomic E-state index is 13.0. The first-order valence-corrected chi connectivity index (χ1v) is 10.4. The van der Waals surface area contributed by atoms with Crippen molar-refractivity contribution in [1.29, 1.82) is 0 Å². The molecule has 0 radical (unpaired) electrons. The number of nitro groups is 1. The van der Waals surface area contributed by atoms with E-state index in [1.165, 1.54) is 40.5 Å². The Morgan fingerprint density at radius 1 is 1.16 bits per heavy atom. The minimum Gasteiger partial charge on any atom is -0.507 e. The number of hydrogen-bond donors (Lipinski definition) is 1. The highest BCUT2D eigenvalue weighted by atomic mass is 35.5. The van der Waals surface area contributed by atoms with Gasteiger partial charge in [-0.15, -0.1) is 11.3 Å². The number of rotatable bonds is 4. The zero-order valence-corrected chi connectivity index (χ0v) is 17.7. The predicted molar refractivity (Wildman–Crippen MR) is 118 cm³/mol. The molecule has 0 aliphatic carbocycles. The number of thiophene rings is 1. The maximum atomic E-state index is 13.0. The monoisotopic (exact) mass is 454 g/mol. The van der Waals surface area contributed by atoms with Gasteiger partial charge in [0.05, 0.1) is 10.5 Å². The van der Waals surface area contributed by atoms with Gasteiger partial charge in [-0.05, 0) is 48.2 Å². The normalized spacial score (nSPS) is 17.9. The number of amides is 1. The fourth-order valence-electron chi connectivity index (χ4n) is 3.54. The van der Waals surface area contributed by atoms with Gasteiger partial charge in [0.25, 0.3) is 17.4 Å². The lowest BCUT2D eigenvalue weighted by Crippen LogP contribution is -2.29. The Balaban J connectivity index is 1.95. The number of carbonyl (C=O) groups is 2. The van der Waals surface area contributed by atoms with Crippen molar-refractivity contribution in [3.8, 4) is 0 Å². The van der Waals surface area contributed by atoms with Gasteiger partial charge in [-0.2, -0.15) is 0 Å².